The van der Waals surface area contributed by atoms with E-state index in [1.165, 1.54) is 6.92 Å². The van der Waals surface area contributed by atoms with Crippen LogP contribution in [0, 0.1) is 5.41 Å². The number of nitrogens with zero attached hydrogens (tertiary/aromatic N) is 1. The van der Waals surface area contributed by atoms with E-state index in [4.69, 9.17) is 5.41 Å². The van der Waals surface area contributed by atoms with Crippen molar-refractivity contribution in [2.75, 3.05) is 7.05 Å². The van der Waals surface area contributed by atoms with Gasteiger partial charge in [0.25, 0.3) is 5.91 Å². The van der Waals surface area contributed by atoms with Crippen LogP contribution < -0.4 is 0 Å². The van der Waals surface area contributed by atoms with Crippen LogP contribution in [0.1, 0.15) is 20.8 Å². The van der Waals surface area contributed by atoms with Crippen molar-refractivity contribution in [3.05, 3.63) is 0 Å². The first kappa shape index (κ1) is 9.14. The molecule has 0 radical (unpaired) electrons. The van der Waals surface area contributed by atoms with E-state index in [-0.39, 0.29) is 17.7 Å². The second-order valence-corrected chi connectivity index (χ2v) is 2.63. The van der Waals surface area contributed by atoms with Crippen LogP contribution >= 0.6 is 0 Å². The van der Waals surface area contributed by atoms with Gasteiger partial charge in [-0.1, -0.05) is 0 Å². The Hall–Kier alpha value is -0.860. The lowest BCUT2D eigenvalue weighted by atomic mass is 10.3. The minimum absolute atomic E-state index is 0.0937. The fourth-order valence-corrected chi connectivity index (χ4v) is 0.499. The summed E-state index contributed by atoms with van der Waals surface area (Å²) < 4.78 is 0. The summed E-state index contributed by atoms with van der Waals surface area (Å²) in [7, 11) is 1.70. The Labute approximate surface area is 61.5 Å². The number of carbonyl (C=O) groups is 1. The van der Waals surface area contributed by atoms with Crippen LogP contribution in [0.15, 0.2) is 0 Å². The maximum Gasteiger partial charge on any atom is 0.267 e. The Balaban J connectivity index is 4.08. The lowest BCUT2D eigenvalue weighted by Crippen LogP contribution is -2.36. The minimum Gasteiger partial charge on any atom is -0.338 e. The molecule has 0 aliphatic carbocycles. The smallest absolute Gasteiger partial charge is 0.267 e. The molecule has 0 unspecified atom stereocenters. The molecule has 0 rings (SSSR count). The molecule has 0 saturated heterocycles. The van der Waals surface area contributed by atoms with E-state index < -0.39 is 0 Å². The van der Waals surface area contributed by atoms with Crippen LogP contribution in [-0.2, 0) is 4.79 Å². The molecule has 10 heavy (non-hydrogen) atoms. The monoisotopic (exact) mass is 142 g/mol. The fraction of sp³-hybridized carbons (Fsp3) is 0.714. The normalized spacial score (nSPS) is 9.70. The Morgan fingerprint density at radius 2 is 1.90 bits per heavy atom. The van der Waals surface area contributed by atoms with Gasteiger partial charge in [0.05, 0.1) is 5.71 Å². The molecule has 0 saturated carbocycles. The summed E-state index contributed by atoms with van der Waals surface area (Å²) in [6.07, 6.45) is 0. The predicted molar refractivity (Wildman–Crippen MR) is 41.3 cm³/mol. The minimum atomic E-state index is -0.199. The van der Waals surface area contributed by atoms with Gasteiger partial charge >= 0.3 is 0 Å². The van der Waals surface area contributed by atoms with E-state index in [0.29, 0.717) is 0 Å². The largest absolute Gasteiger partial charge is 0.338 e. The first-order valence-electron chi connectivity index (χ1n) is 3.29. The summed E-state index contributed by atoms with van der Waals surface area (Å²) in [4.78, 5) is 12.5. The number of hydrogen-bond acceptors (Lipinski definition) is 2. The average molecular weight is 142 g/mol. The van der Waals surface area contributed by atoms with E-state index in [1.807, 2.05) is 13.8 Å². The quantitative estimate of drug-likeness (QED) is 0.572. The number of carbonyl (C=O) groups excluding carboxylic acids is 1. The van der Waals surface area contributed by atoms with Crippen LogP contribution in [0.3, 0.4) is 0 Å². The van der Waals surface area contributed by atoms with Gasteiger partial charge in [-0.3, -0.25) is 10.2 Å². The summed E-state index contributed by atoms with van der Waals surface area (Å²) in [6, 6.07) is 0.174. The summed E-state index contributed by atoms with van der Waals surface area (Å²) >= 11 is 0. The second kappa shape index (κ2) is 3.34. The van der Waals surface area contributed by atoms with Crippen molar-refractivity contribution in [3.63, 3.8) is 0 Å². The highest BCUT2D eigenvalue weighted by Gasteiger charge is 2.12. The molecule has 0 aliphatic rings. The highest BCUT2D eigenvalue weighted by Crippen LogP contribution is 1.94. The topological polar surface area (TPSA) is 44.2 Å². The maximum absolute atomic E-state index is 11.0. The van der Waals surface area contributed by atoms with Gasteiger partial charge in [-0.05, 0) is 20.8 Å². The van der Waals surface area contributed by atoms with Gasteiger partial charge in [-0.25, -0.2) is 0 Å². The summed E-state index contributed by atoms with van der Waals surface area (Å²) in [6.45, 7) is 5.34. The van der Waals surface area contributed by atoms with Crippen LogP contribution in [-0.4, -0.2) is 29.6 Å². The predicted octanol–water partition coefficient (Wildman–Crippen LogP) is 0.893. The zero-order valence-corrected chi connectivity index (χ0v) is 6.93. The summed E-state index contributed by atoms with van der Waals surface area (Å²) in [5.41, 5.74) is 0.0937. The molecular formula is C7H14N2O. The molecule has 0 aromatic heterocycles. The lowest BCUT2D eigenvalue weighted by Gasteiger charge is -2.20. The van der Waals surface area contributed by atoms with E-state index in [9.17, 15) is 4.79 Å². The zero-order valence-electron chi connectivity index (χ0n) is 6.93. The van der Waals surface area contributed by atoms with Crippen LogP contribution in [0.5, 0.6) is 0 Å². The molecule has 0 aromatic carbocycles. The molecule has 0 spiro atoms. The Morgan fingerprint density at radius 1 is 1.50 bits per heavy atom. The van der Waals surface area contributed by atoms with Gasteiger partial charge in [0.1, 0.15) is 0 Å². The Bertz CT molecular complexity index is 152. The molecule has 0 bridgehead atoms. The number of rotatable bonds is 2. The van der Waals surface area contributed by atoms with E-state index in [1.54, 1.807) is 11.9 Å². The number of nitrogens with one attached hydrogen (secondary N) is 1. The molecule has 58 valence electrons. The molecule has 0 fully saturated rings. The molecule has 3 heteroatoms. The van der Waals surface area contributed by atoms with Gasteiger partial charge in [-0.15, -0.1) is 0 Å². The zero-order chi connectivity index (χ0) is 8.31. The molecule has 0 aromatic rings. The third kappa shape index (κ3) is 2.17. The van der Waals surface area contributed by atoms with Crippen molar-refractivity contribution in [1.82, 2.24) is 4.90 Å². The van der Waals surface area contributed by atoms with E-state index in [0.717, 1.165) is 0 Å². The van der Waals surface area contributed by atoms with E-state index in [2.05, 4.69) is 0 Å². The van der Waals surface area contributed by atoms with Gasteiger partial charge in [0, 0.05) is 13.1 Å². The fourth-order valence-electron chi connectivity index (χ4n) is 0.499. The molecule has 3 nitrogen and oxygen atoms in total. The third-order valence-corrected chi connectivity index (χ3v) is 1.42. The second-order valence-electron chi connectivity index (χ2n) is 2.63. The molecule has 0 atom stereocenters. The van der Waals surface area contributed by atoms with E-state index >= 15 is 0 Å². The Kier molecular flexibility index (Phi) is 3.06. The molecule has 1 amide bonds. The van der Waals surface area contributed by atoms with Crippen molar-refractivity contribution in [2.45, 2.75) is 26.8 Å². The first-order chi connectivity index (χ1) is 4.46. The van der Waals surface area contributed by atoms with Crippen molar-refractivity contribution < 1.29 is 4.79 Å². The van der Waals surface area contributed by atoms with Gasteiger partial charge < -0.3 is 4.90 Å². The van der Waals surface area contributed by atoms with Crippen molar-refractivity contribution in [1.29, 1.82) is 5.41 Å². The third-order valence-electron chi connectivity index (χ3n) is 1.42. The Morgan fingerprint density at radius 3 is 2.00 bits per heavy atom. The van der Waals surface area contributed by atoms with Crippen LogP contribution in [0.25, 0.3) is 0 Å². The van der Waals surface area contributed by atoms with Gasteiger partial charge in [-0.2, -0.15) is 0 Å². The molecule has 0 heterocycles. The molecular weight excluding hydrogens is 128 g/mol. The van der Waals surface area contributed by atoms with Crippen LogP contribution in [0.2, 0.25) is 0 Å². The highest BCUT2D eigenvalue weighted by atomic mass is 16.2. The van der Waals surface area contributed by atoms with Gasteiger partial charge in [0.2, 0.25) is 0 Å². The number of hydrogen-bond donors (Lipinski definition) is 1. The summed E-state index contributed by atoms with van der Waals surface area (Å²) in [5.74, 6) is -0.199. The maximum atomic E-state index is 11.0. The number of amides is 1. The molecule has 1 N–H and O–H groups in total. The van der Waals surface area contributed by atoms with Gasteiger partial charge in [0.15, 0.2) is 0 Å². The summed E-state index contributed by atoms with van der Waals surface area (Å²) in [5, 5.41) is 7.03. The average Bonchev–Trinajstić information content (AvgIpc) is 1.84. The SMILES string of the molecule is CC(=N)C(=O)N(C)C(C)C. The van der Waals surface area contributed by atoms with Crippen LogP contribution in [0.4, 0.5) is 0 Å². The molecule has 0 aliphatic heterocycles. The van der Waals surface area contributed by atoms with Crippen molar-refractivity contribution in [2.24, 2.45) is 0 Å². The van der Waals surface area contributed by atoms with Crippen molar-refractivity contribution >= 4 is 11.6 Å². The first-order valence-corrected chi connectivity index (χ1v) is 3.29. The standard InChI is InChI=1S/C7H14N2O/c1-5(2)9(4)7(10)6(3)8/h5,8H,1-4H3. The highest BCUT2D eigenvalue weighted by molar-refractivity contribution is 6.36. The lowest BCUT2D eigenvalue weighted by molar-refractivity contribution is -0.124. The van der Waals surface area contributed by atoms with Crippen molar-refractivity contribution in [3.8, 4) is 0 Å².